The number of furan rings is 5. The Hall–Kier alpha value is -15.4. The van der Waals surface area contributed by atoms with Crippen LogP contribution in [-0.4, -0.2) is 112 Å². The average Bonchev–Trinajstić information content (AvgIpc) is 1.59. The lowest BCUT2D eigenvalue weighted by Gasteiger charge is -2.33. The third-order valence-electron chi connectivity index (χ3n) is 26.1. The van der Waals surface area contributed by atoms with Gasteiger partial charge in [-0.2, -0.15) is 0 Å². The predicted octanol–water partition coefficient (Wildman–Crippen LogP) is 26.2. The van der Waals surface area contributed by atoms with Crippen molar-refractivity contribution in [2.75, 3.05) is 56.0 Å². The highest BCUT2D eigenvalue weighted by molar-refractivity contribution is 6.15. The van der Waals surface area contributed by atoms with Crippen LogP contribution < -0.4 is 49.0 Å². The minimum atomic E-state index is -2.31. The van der Waals surface area contributed by atoms with Crippen molar-refractivity contribution < 1.29 is 31.7 Å². The molecule has 0 radical (unpaired) electrons. The van der Waals surface area contributed by atoms with E-state index in [0.717, 1.165) is 184 Å². The van der Waals surface area contributed by atoms with E-state index in [9.17, 15) is 0 Å². The molecule has 0 amide bonds. The summed E-state index contributed by atoms with van der Waals surface area (Å²) >= 11 is 0. The lowest BCUT2D eigenvalue weighted by molar-refractivity contribution is 0.597. The second kappa shape index (κ2) is 33.2. The third-order valence-corrected chi connectivity index (χ3v) is 26.1. The van der Waals surface area contributed by atoms with E-state index < -0.39 is 37.2 Å². The van der Waals surface area contributed by atoms with Crippen LogP contribution in [0.2, 0.25) is 0 Å². The van der Waals surface area contributed by atoms with Crippen molar-refractivity contribution >= 4 is 196 Å². The summed E-state index contributed by atoms with van der Waals surface area (Å²) in [4.78, 5) is 65.3. The number of pyridine rings is 10. The molecule has 5 atom stereocenters. The molecular weight excluding hydrogens is 1660 g/mol. The van der Waals surface area contributed by atoms with Gasteiger partial charge in [-0.1, -0.05) is 60.7 Å². The van der Waals surface area contributed by atoms with Crippen molar-refractivity contribution in [3.8, 4) is 0 Å². The van der Waals surface area contributed by atoms with E-state index in [4.69, 9.17) is 31.7 Å². The van der Waals surface area contributed by atoms with Crippen LogP contribution in [0.5, 0.6) is 0 Å². The Morgan fingerprint density at radius 2 is 0.459 bits per heavy atom. The van der Waals surface area contributed by atoms with E-state index in [1.807, 2.05) is 205 Å². The first-order valence-corrected chi connectivity index (χ1v) is 44.9. The van der Waals surface area contributed by atoms with Crippen molar-refractivity contribution in [2.45, 2.75) is 180 Å². The van der Waals surface area contributed by atoms with Gasteiger partial charge in [0.25, 0.3) is 0 Å². The molecule has 668 valence electrons. The predicted molar refractivity (Wildman–Crippen MR) is 539 cm³/mol. The van der Waals surface area contributed by atoms with E-state index in [-0.39, 0.29) is 24.7 Å². The van der Waals surface area contributed by atoms with Crippen molar-refractivity contribution in [3.63, 3.8) is 0 Å². The lowest BCUT2D eigenvalue weighted by Crippen LogP contribution is -2.42. The normalized spacial score (nSPS) is 17.9. The lowest BCUT2D eigenvalue weighted by atomic mass is 10.1. The minimum Gasteiger partial charge on any atom is -0.435 e. The highest BCUT2D eigenvalue weighted by Gasteiger charge is 2.44. The summed E-state index contributed by atoms with van der Waals surface area (Å²) < 4.78 is 89.7. The number of fused-ring (bicyclic) bond motifs is 20. The number of aryl methyl sites for hydroxylation is 5. The Labute approximate surface area is 781 Å². The summed E-state index contributed by atoms with van der Waals surface area (Å²) in [5.41, 5.74) is 21.9. The van der Waals surface area contributed by atoms with Crippen LogP contribution in [0.1, 0.15) is 127 Å². The molecule has 5 aliphatic heterocycles. The van der Waals surface area contributed by atoms with Gasteiger partial charge in [-0.3, -0.25) is 0 Å². The van der Waals surface area contributed by atoms with Crippen molar-refractivity contribution in [3.05, 3.63) is 272 Å². The zero-order valence-electron chi connectivity index (χ0n) is 84.5. The molecule has 0 aliphatic carbocycles. The fourth-order valence-electron chi connectivity index (χ4n) is 20.5. The average molecular weight is 1770 g/mol. The molecule has 15 aromatic heterocycles. The van der Waals surface area contributed by atoms with E-state index in [0.29, 0.717) is 40.0 Å². The van der Waals surface area contributed by atoms with Crippen LogP contribution in [0.4, 0.5) is 86.0 Å². The number of anilines is 15. The standard InChI is InChI=1S/4C22H22N4O.C20H18N4O/c2*1-13(2)25-15(4)26(18-8-6-11-23-21(18)25)19-14(3)9-10-16-17-7-5-12-24-22(17)27-20(16)19;2*1-13(2)25-15(4)26(21-18(25)8-6-11-23-21)19-14(3)9-10-16-17-7-5-12-24-22(17)27-20(16)19;1-12-8-9-14-15-6-4-11-22-20(15)25-18(14)17(12)24-13(2)23(3)19-16(24)7-5-10-21-19/h4*5-13,15H,1-4H3;4-11,13H,1-3H3/i4*13D;3D3. The van der Waals surface area contributed by atoms with Gasteiger partial charge in [-0.05, 0) is 274 Å². The van der Waals surface area contributed by atoms with Gasteiger partial charge in [0.2, 0.25) is 28.6 Å². The Kier molecular flexibility index (Phi) is 19.1. The molecular formula is C108H106N20O5. The van der Waals surface area contributed by atoms with Gasteiger partial charge < -0.3 is 71.1 Å². The van der Waals surface area contributed by atoms with Crippen LogP contribution in [0.25, 0.3) is 110 Å². The molecule has 0 saturated carbocycles. The second-order valence-electron chi connectivity index (χ2n) is 35.2. The van der Waals surface area contributed by atoms with Gasteiger partial charge in [0.15, 0.2) is 57.0 Å². The smallest absolute Gasteiger partial charge is 0.227 e. The maximum atomic E-state index is 8.69. The molecule has 0 spiro atoms. The molecule has 133 heavy (non-hydrogen) atoms. The SMILES string of the molecule is [2H]C(C)(C)N1c2cccnc2N(c2c(C)ccc3c2oc2ncccc23)C1C.[2H]C(C)(C)N1c2cccnc2N(c2c(C)ccc3c2oc2ncccc23)C1C.[2H]C(C)(C)N1c2ncccc2N(c2c(C)ccc3c2oc2ncccc23)C1C.[2H]C(C)(C)N1c2ncccc2N(c2c(C)ccc3c2oc2ncccc23)C1C.[2H]C([2H])([2H])N1c2ncccc2N(c2c(C)ccc3c2oc2ncccc23)C1C. The van der Waals surface area contributed by atoms with Crippen LogP contribution >= 0.6 is 0 Å². The molecule has 20 heterocycles. The molecule has 5 aromatic carbocycles. The highest BCUT2D eigenvalue weighted by atomic mass is 16.4. The molecule has 0 N–H and O–H groups in total. The Morgan fingerprint density at radius 1 is 0.241 bits per heavy atom. The van der Waals surface area contributed by atoms with Crippen molar-refractivity contribution in [1.82, 2.24) is 49.8 Å². The van der Waals surface area contributed by atoms with Gasteiger partial charge in [0.05, 0.1) is 62.4 Å². The highest BCUT2D eigenvalue weighted by Crippen LogP contribution is 2.55. The van der Waals surface area contributed by atoms with Crippen molar-refractivity contribution in [1.29, 1.82) is 0 Å². The van der Waals surface area contributed by atoms with Crippen LogP contribution in [-0.2, 0) is 0 Å². The van der Waals surface area contributed by atoms with Gasteiger partial charge >= 0.3 is 0 Å². The molecule has 20 aromatic rings. The molecule has 5 unspecified atom stereocenters. The summed E-state index contributed by atoms with van der Waals surface area (Å²) in [6, 6.07) is 57.0. The first-order chi connectivity index (χ1) is 66.9. The van der Waals surface area contributed by atoms with Gasteiger partial charge in [0, 0.05) is 151 Å². The van der Waals surface area contributed by atoms with Gasteiger partial charge in [0.1, 0.15) is 30.8 Å². The zero-order chi connectivity index (χ0) is 98.1. The maximum absolute atomic E-state index is 8.69. The molecule has 0 fully saturated rings. The molecule has 25 nitrogen and oxygen atoms in total. The van der Waals surface area contributed by atoms with E-state index in [2.05, 4.69) is 195 Å². The molecule has 25 rings (SSSR count). The number of hydrogen-bond acceptors (Lipinski definition) is 25. The molecule has 5 aliphatic rings. The zero-order valence-corrected chi connectivity index (χ0v) is 77.5. The van der Waals surface area contributed by atoms with Crippen LogP contribution in [0, 0.1) is 34.6 Å². The van der Waals surface area contributed by atoms with Gasteiger partial charge in [-0.25, -0.2) is 49.8 Å². The number of rotatable bonds is 9. The fourth-order valence-corrected chi connectivity index (χ4v) is 20.5. The molecule has 0 saturated heterocycles. The summed E-state index contributed by atoms with van der Waals surface area (Å²) in [7, 11) is 0. The summed E-state index contributed by atoms with van der Waals surface area (Å²) in [6.45, 7) is 33.5. The summed E-state index contributed by atoms with van der Waals surface area (Å²) in [5.74, 6) is 3.78. The minimum absolute atomic E-state index is 0.0807. The van der Waals surface area contributed by atoms with Crippen molar-refractivity contribution in [2.24, 2.45) is 0 Å². The first kappa shape index (κ1) is 76.5. The topological polar surface area (TPSA) is 227 Å². The van der Waals surface area contributed by atoms with E-state index in [1.165, 1.54) is 4.90 Å². The Bertz CT molecular complexity index is 7170. The molecule has 25 heteroatoms. The Morgan fingerprint density at radius 3 is 0.729 bits per heavy atom. The second-order valence-corrected chi connectivity index (χ2v) is 35.2. The van der Waals surface area contributed by atoms with E-state index in [1.54, 1.807) is 62.0 Å². The Balaban J connectivity index is 0.000000104. The van der Waals surface area contributed by atoms with Crippen LogP contribution in [0.15, 0.2) is 266 Å². The molecule has 0 bridgehead atoms. The largest absolute Gasteiger partial charge is 0.435 e. The number of benzene rings is 5. The fraction of sp³-hybridized carbons (Fsp3) is 0.259. The summed E-state index contributed by atoms with van der Waals surface area (Å²) in [6.07, 6.45) is 16.7. The maximum Gasteiger partial charge on any atom is 0.227 e. The van der Waals surface area contributed by atoms with Crippen LogP contribution in [0.3, 0.4) is 0 Å². The summed E-state index contributed by atoms with van der Waals surface area (Å²) in [5, 5.41) is 10.1. The first-order valence-electron chi connectivity index (χ1n) is 48.4. The van der Waals surface area contributed by atoms with Gasteiger partial charge in [-0.15, -0.1) is 0 Å². The quantitative estimate of drug-likeness (QED) is 0.131. The third kappa shape index (κ3) is 13.6. The number of nitrogens with zero attached hydrogens (tertiary/aromatic N) is 20. The van der Waals surface area contributed by atoms with E-state index >= 15 is 0 Å². The number of hydrogen-bond donors (Lipinski definition) is 0. The number of aromatic nitrogens is 10. The monoisotopic (exact) mass is 1770 g/mol.